The van der Waals surface area contributed by atoms with E-state index in [2.05, 4.69) is 13.8 Å². The third-order valence-corrected chi connectivity index (χ3v) is 1.56. The quantitative estimate of drug-likeness (QED) is 0.603. The molecule has 1 atom stereocenters. The van der Waals surface area contributed by atoms with Crippen LogP contribution < -0.4 is 0 Å². The average molecular weight is 128 g/mol. The molecule has 1 nitrogen and oxygen atoms in total. The maximum absolute atomic E-state index is 8.61. The molecular formula is C8H16O. The van der Waals surface area contributed by atoms with E-state index in [0.717, 1.165) is 25.7 Å². The van der Waals surface area contributed by atoms with Crippen molar-refractivity contribution in [2.45, 2.75) is 32.6 Å². The van der Waals surface area contributed by atoms with E-state index in [9.17, 15) is 0 Å². The molecule has 0 aliphatic heterocycles. The van der Waals surface area contributed by atoms with Gasteiger partial charge in [0.25, 0.3) is 0 Å². The van der Waals surface area contributed by atoms with Crippen LogP contribution in [0, 0.1) is 19.4 Å². The van der Waals surface area contributed by atoms with Gasteiger partial charge in [-0.2, -0.15) is 0 Å². The summed E-state index contributed by atoms with van der Waals surface area (Å²) in [4.78, 5) is 0. The molecule has 0 amide bonds. The molecule has 0 aromatic heterocycles. The molecule has 0 bridgehead atoms. The van der Waals surface area contributed by atoms with Crippen LogP contribution in [0.25, 0.3) is 0 Å². The van der Waals surface area contributed by atoms with Crippen molar-refractivity contribution in [2.24, 2.45) is 5.92 Å². The number of hydrogen-bond acceptors (Lipinski definition) is 1. The van der Waals surface area contributed by atoms with Crippen molar-refractivity contribution in [1.29, 1.82) is 0 Å². The first-order chi connectivity index (χ1) is 4.35. The van der Waals surface area contributed by atoms with E-state index in [4.69, 9.17) is 5.11 Å². The zero-order valence-electron chi connectivity index (χ0n) is 6.14. The summed E-state index contributed by atoms with van der Waals surface area (Å²) in [6, 6.07) is 0. The Balaban J connectivity index is 3.09. The van der Waals surface area contributed by atoms with Crippen LogP contribution in [-0.4, -0.2) is 5.11 Å². The van der Waals surface area contributed by atoms with Gasteiger partial charge in [-0.05, 0) is 12.3 Å². The van der Waals surface area contributed by atoms with Crippen LogP contribution in [0.5, 0.6) is 0 Å². The van der Waals surface area contributed by atoms with Gasteiger partial charge in [-0.15, -0.1) is 0 Å². The number of unbranched alkanes of at least 4 members (excludes halogenated alkanes) is 1. The minimum Gasteiger partial charge on any atom is -0.390 e. The highest BCUT2D eigenvalue weighted by atomic mass is 16.3. The summed E-state index contributed by atoms with van der Waals surface area (Å²) in [5.74, 6) is 0.395. The second-order valence-corrected chi connectivity index (χ2v) is 2.31. The zero-order valence-corrected chi connectivity index (χ0v) is 6.14. The molecule has 9 heavy (non-hydrogen) atoms. The van der Waals surface area contributed by atoms with Gasteiger partial charge in [-0.3, -0.25) is 0 Å². The van der Waals surface area contributed by atoms with Gasteiger partial charge in [0, 0.05) is 0 Å². The Hall–Kier alpha value is -0.0400. The van der Waals surface area contributed by atoms with Crippen molar-refractivity contribution >= 4 is 0 Å². The summed E-state index contributed by atoms with van der Waals surface area (Å²) in [5.41, 5.74) is 0. The Morgan fingerprint density at radius 3 is 2.67 bits per heavy atom. The maximum atomic E-state index is 8.61. The fourth-order valence-electron chi connectivity index (χ4n) is 0.791. The lowest BCUT2D eigenvalue weighted by atomic mass is 10.0. The SMILES string of the molecule is [CH2]CCCC([CH]O)CC. The van der Waals surface area contributed by atoms with Crippen molar-refractivity contribution in [2.75, 3.05) is 0 Å². The second kappa shape index (κ2) is 6.09. The lowest BCUT2D eigenvalue weighted by Crippen LogP contribution is -1.97. The van der Waals surface area contributed by atoms with E-state index in [1.54, 1.807) is 0 Å². The molecule has 2 radical (unpaired) electrons. The highest BCUT2D eigenvalue weighted by Crippen LogP contribution is 2.13. The van der Waals surface area contributed by atoms with Gasteiger partial charge >= 0.3 is 0 Å². The van der Waals surface area contributed by atoms with Gasteiger partial charge in [-0.1, -0.05) is 33.1 Å². The first-order valence-corrected chi connectivity index (χ1v) is 3.62. The standard InChI is InChI=1S/C8H16O/c1-3-5-6-8(4-2)7-9/h7-9H,1,3-6H2,2H3. The Morgan fingerprint density at radius 2 is 2.33 bits per heavy atom. The Labute approximate surface area is 58.1 Å². The fourth-order valence-corrected chi connectivity index (χ4v) is 0.791. The third kappa shape index (κ3) is 4.46. The van der Waals surface area contributed by atoms with Crippen molar-refractivity contribution in [1.82, 2.24) is 0 Å². The molecule has 1 heteroatoms. The summed E-state index contributed by atoms with van der Waals surface area (Å²) in [7, 11) is 0. The lowest BCUT2D eigenvalue weighted by Gasteiger charge is -2.08. The summed E-state index contributed by atoms with van der Waals surface area (Å²) in [6.07, 6.45) is 4.22. The van der Waals surface area contributed by atoms with E-state index in [1.807, 2.05) is 0 Å². The Morgan fingerprint density at radius 1 is 1.67 bits per heavy atom. The first-order valence-electron chi connectivity index (χ1n) is 3.62. The molecule has 1 unspecified atom stereocenters. The van der Waals surface area contributed by atoms with E-state index < -0.39 is 0 Å². The van der Waals surface area contributed by atoms with Crippen LogP contribution in [0.1, 0.15) is 32.6 Å². The van der Waals surface area contributed by atoms with Crippen LogP contribution in [0.3, 0.4) is 0 Å². The van der Waals surface area contributed by atoms with E-state index >= 15 is 0 Å². The normalized spacial score (nSPS) is 13.7. The molecule has 0 aliphatic rings. The van der Waals surface area contributed by atoms with Crippen LogP contribution in [-0.2, 0) is 0 Å². The molecule has 0 rings (SSSR count). The Bertz CT molecular complexity index is 48.5. The van der Waals surface area contributed by atoms with Crippen LogP contribution in [0.2, 0.25) is 0 Å². The summed E-state index contributed by atoms with van der Waals surface area (Å²) in [5, 5.41) is 8.61. The summed E-state index contributed by atoms with van der Waals surface area (Å²) >= 11 is 0. The molecule has 0 heterocycles. The van der Waals surface area contributed by atoms with E-state index in [1.165, 1.54) is 6.61 Å². The Kier molecular flexibility index (Phi) is 6.06. The van der Waals surface area contributed by atoms with Gasteiger partial charge in [0.05, 0.1) is 6.61 Å². The lowest BCUT2D eigenvalue weighted by molar-refractivity contribution is 0.296. The van der Waals surface area contributed by atoms with Crippen LogP contribution >= 0.6 is 0 Å². The summed E-state index contributed by atoms with van der Waals surface area (Å²) < 4.78 is 0. The maximum Gasteiger partial charge on any atom is 0.0829 e. The molecule has 0 saturated carbocycles. The van der Waals surface area contributed by atoms with Crippen LogP contribution in [0.15, 0.2) is 0 Å². The van der Waals surface area contributed by atoms with Gasteiger partial charge < -0.3 is 5.11 Å². The number of hydrogen-bond donors (Lipinski definition) is 1. The van der Waals surface area contributed by atoms with Crippen molar-refractivity contribution in [3.05, 3.63) is 13.5 Å². The molecule has 0 aliphatic carbocycles. The molecule has 0 spiro atoms. The fraction of sp³-hybridized carbons (Fsp3) is 0.750. The molecule has 0 saturated heterocycles. The topological polar surface area (TPSA) is 20.2 Å². The molecule has 0 aromatic rings. The van der Waals surface area contributed by atoms with Crippen molar-refractivity contribution in [3.63, 3.8) is 0 Å². The predicted octanol–water partition coefficient (Wildman–Crippen LogP) is 2.55. The smallest absolute Gasteiger partial charge is 0.0829 e. The first kappa shape index (κ1) is 8.96. The third-order valence-electron chi connectivity index (χ3n) is 1.56. The van der Waals surface area contributed by atoms with Crippen molar-refractivity contribution in [3.8, 4) is 0 Å². The number of aliphatic hydroxyl groups is 1. The molecule has 54 valence electrons. The van der Waals surface area contributed by atoms with Crippen molar-refractivity contribution < 1.29 is 5.11 Å². The average Bonchev–Trinajstić information content (AvgIpc) is 1.91. The van der Waals surface area contributed by atoms with Gasteiger partial charge in [0.15, 0.2) is 0 Å². The summed E-state index contributed by atoms with van der Waals surface area (Å²) in [6.45, 7) is 7.12. The number of rotatable bonds is 5. The van der Waals surface area contributed by atoms with E-state index in [-0.39, 0.29) is 0 Å². The molecule has 0 fully saturated rings. The van der Waals surface area contributed by atoms with E-state index in [0.29, 0.717) is 5.92 Å². The predicted molar refractivity (Wildman–Crippen MR) is 39.2 cm³/mol. The molecular weight excluding hydrogens is 112 g/mol. The van der Waals surface area contributed by atoms with Gasteiger partial charge in [0.2, 0.25) is 0 Å². The van der Waals surface area contributed by atoms with Gasteiger partial charge in [0.1, 0.15) is 0 Å². The zero-order chi connectivity index (χ0) is 7.11. The highest BCUT2D eigenvalue weighted by Gasteiger charge is 2.02. The monoisotopic (exact) mass is 128 g/mol. The van der Waals surface area contributed by atoms with Crippen LogP contribution in [0.4, 0.5) is 0 Å². The molecule has 1 N–H and O–H groups in total. The molecule has 0 aromatic carbocycles. The minimum atomic E-state index is 0.395. The highest BCUT2D eigenvalue weighted by molar-refractivity contribution is 4.63. The number of aliphatic hydroxyl groups excluding tert-OH is 1. The minimum absolute atomic E-state index is 0.395. The largest absolute Gasteiger partial charge is 0.390 e. The van der Waals surface area contributed by atoms with Gasteiger partial charge in [-0.25, -0.2) is 0 Å². The second-order valence-electron chi connectivity index (χ2n) is 2.31.